The molecule has 0 saturated heterocycles. The molecule has 15 heavy (non-hydrogen) atoms. The van der Waals surface area contributed by atoms with Gasteiger partial charge in [-0.05, 0) is 26.3 Å². The second kappa shape index (κ2) is 4.95. The largest absolute Gasteiger partial charge is 0.357 e. The number of rotatable bonds is 3. The van der Waals surface area contributed by atoms with Crippen molar-refractivity contribution in [2.75, 3.05) is 0 Å². The van der Waals surface area contributed by atoms with Gasteiger partial charge in [0.05, 0.1) is 11.7 Å². The first-order valence-electron chi connectivity index (χ1n) is 5.12. The zero-order chi connectivity index (χ0) is 11.3. The number of benzene rings is 1. The first-order chi connectivity index (χ1) is 7.01. The lowest BCUT2D eigenvalue weighted by atomic mass is 10.1. The standard InChI is InChI=1S/C13H17NO/c1-13(2,3)15-12(10-14)9-11-7-5-4-6-8-11/h4-8,12H,9H2,1-3H3. The van der Waals surface area contributed by atoms with Gasteiger partial charge in [0.25, 0.3) is 0 Å². The quantitative estimate of drug-likeness (QED) is 0.756. The first kappa shape index (κ1) is 11.7. The maximum absolute atomic E-state index is 8.98. The average Bonchev–Trinajstić information content (AvgIpc) is 2.16. The van der Waals surface area contributed by atoms with Gasteiger partial charge in [-0.3, -0.25) is 0 Å². The summed E-state index contributed by atoms with van der Waals surface area (Å²) < 4.78 is 5.63. The van der Waals surface area contributed by atoms with Crippen LogP contribution >= 0.6 is 0 Å². The van der Waals surface area contributed by atoms with E-state index in [0.717, 1.165) is 5.56 Å². The van der Waals surface area contributed by atoms with Crippen LogP contribution in [-0.4, -0.2) is 11.7 Å². The van der Waals surface area contributed by atoms with Crippen molar-refractivity contribution in [1.82, 2.24) is 0 Å². The molecule has 0 amide bonds. The summed E-state index contributed by atoms with van der Waals surface area (Å²) in [5.41, 5.74) is 0.864. The Morgan fingerprint density at radius 1 is 1.27 bits per heavy atom. The third-order valence-corrected chi connectivity index (χ3v) is 1.90. The second-order valence-electron chi connectivity index (χ2n) is 4.54. The van der Waals surface area contributed by atoms with Gasteiger partial charge in [0, 0.05) is 6.42 Å². The average molecular weight is 203 g/mol. The maximum atomic E-state index is 8.98. The monoisotopic (exact) mass is 203 g/mol. The maximum Gasteiger partial charge on any atom is 0.148 e. The van der Waals surface area contributed by atoms with Crippen LogP contribution in [0.15, 0.2) is 30.3 Å². The summed E-state index contributed by atoms with van der Waals surface area (Å²) in [6.07, 6.45) is 0.279. The van der Waals surface area contributed by atoms with Crippen molar-refractivity contribution in [3.8, 4) is 6.07 Å². The molecule has 1 aromatic rings. The van der Waals surface area contributed by atoms with Crippen molar-refractivity contribution in [2.45, 2.75) is 38.9 Å². The van der Waals surface area contributed by atoms with E-state index in [-0.39, 0.29) is 11.7 Å². The molecule has 2 nitrogen and oxygen atoms in total. The SMILES string of the molecule is CC(C)(C)OC(C#N)Cc1ccccc1. The van der Waals surface area contributed by atoms with Gasteiger partial charge in [-0.1, -0.05) is 30.3 Å². The van der Waals surface area contributed by atoms with E-state index < -0.39 is 0 Å². The lowest BCUT2D eigenvalue weighted by Crippen LogP contribution is -2.27. The minimum Gasteiger partial charge on any atom is -0.357 e. The van der Waals surface area contributed by atoms with Crippen molar-refractivity contribution in [1.29, 1.82) is 5.26 Å². The highest BCUT2D eigenvalue weighted by Crippen LogP contribution is 2.14. The first-order valence-corrected chi connectivity index (χ1v) is 5.12. The van der Waals surface area contributed by atoms with Gasteiger partial charge in [0.15, 0.2) is 0 Å². The zero-order valence-electron chi connectivity index (χ0n) is 9.53. The Balaban J connectivity index is 2.60. The van der Waals surface area contributed by atoms with E-state index >= 15 is 0 Å². The number of ether oxygens (including phenoxy) is 1. The Morgan fingerprint density at radius 2 is 1.87 bits per heavy atom. The molecule has 0 saturated carbocycles. The second-order valence-corrected chi connectivity index (χ2v) is 4.54. The molecule has 0 bridgehead atoms. The molecular weight excluding hydrogens is 186 g/mol. The summed E-state index contributed by atoms with van der Waals surface area (Å²) in [5.74, 6) is 0. The molecule has 0 spiro atoms. The molecular formula is C13H17NO. The number of nitriles is 1. The highest BCUT2D eigenvalue weighted by Gasteiger charge is 2.18. The minimum absolute atomic E-state index is 0.269. The lowest BCUT2D eigenvalue weighted by Gasteiger charge is -2.23. The fraction of sp³-hybridized carbons (Fsp3) is 0.462. The predicted octanol–water partition coefficient (Wildman–Crippen LogP) is 2.94. The van der Waals surface area contributed by atoms with E-state index in [1.54, 1.807) is 0 Å². The Kier molecular flexibility index (Phi) is 3.88. The smallest absolute Gasteiger partial charge is 0.148 e. The van der Waals surface area contributed by atoms with Gasteiger partial charge in [0.2, 0.25) is 0 Å². The molecule has 1 unspecified atom stereocenters. The van der Waals surface area contributed by atoms with Crippen molar-refractivity contribution in [3.63, 3.8) is 0 Å². The highest BCUT2D eigenvalue weighted by atomic mass is 16.5. The van der Waals surface area contributed by atoms with Gasteiger partial charge in [-0.15, -0.1) is 0 Å². The van der Waals surface area contributed by atoms with Crippen molar-refractivity contribution in [3.05, 3.63) is 35.9 Å². The molecule has 0 aliphatic heterocycles. The Morgan fingerprint density at radius 3 is 2.33 bits per heavy atom. The summed E-state index contributed by atoms with van der Waals surface area (Å²) in [7, 11) is 0. The van der Waals surface area contributed by atoms with E-state index in [2.05, 4.69) is 6.07 Å². The van der Waals surface area contributed by atoms with E-state index in [0.29, 0.717) is 6.42 Å². The van der Waals surface area contributed by atoms with Crippen molar-refractivity contribution < 1.29 is 4.74 Å². The van der Waals surface area contributed by atoms with Gasteiger partial charge < -0.3 is 4.74 Å². The molecule has 0 radical (unpaired) electrons. The molecule has 0 heterocycles. The van der Waals surface area contributed by atoms with Gasteiger partial charge in [-0.25, -0.2) is 0 Å². The van der Waals surface area contributed by atoms with Crippen LogP contribution in [0.1, 0.15) is 26.3 Å². The van der Waals surface area contributed by atoms with Crippen molar-refractivity contribution in [2.24, 2.45) is 0 Å². The lowest BCUT2D eigenvalue weighted by molar-refractivity contribution is -0.0340. The summed E-state index contributed by atoms with van der Waals surface area (Å²) in [5, 5.41) is 8.98. The fourth-order valence-electron chi connectivity index (χ4n) is 1.37. The van der Waals surface area contributed by atoms with Gasteiger partial charge >= 0.3 is 0 Å². The summed E-state index contributed by atoms with van der Waals surface area (Å²) in [6.45, 7) is 5.88. The van der Waals surface area contributed by atoms with E-state index in [1.807, 2.05) is 51.1 Å². The minimum atomic E-state index is -0.368. The van der Waals surface area contributed by atoms with Crippen LogP contribution in [0.4, 0.5) is 0 Å². The van der Waals surface area contributed by atoms with E-state index in [9.17, 15) is 0 Å². The summed E-state index contributed by atoms with van der Waals surface area (Å²) in [6, 6.07) is 12.1. The molecule has 1 atom stereocenters. The summed E-state index contributed by atoms with van der Waals surface area (Å²) in [4.78, 5) is 0. The molecule has 80 valence electrons. The van der Waals surface area contributed by atoms with Crippen LogP contribution in [0.2, 0.25) is 0 Å². The molecule has 0 aliphatic carbocycles. The number of hydrogen-bond donors (Lipinski definition) is 0. The zero-order valence-corrected chi connectivity index (χ0v) is 9.53. The molecule has 1 rings (SSSR count). The molecule has 0 aromatic heterocycles. The predicted molar refractivity (Wildman–Crippen MR) is 60.4 cm³/mol. The third kappa shape index (κ3) is 4.62. The van der Waals surface area contributed by atoms with Crippen molar-refractivity contribution >= 4 is 0 Å². The fourth-order valence-corrected chi connectivity index (χ4v) is 1.37. The van der Waals surface area contributed by atoms with Crippen LogP contribution < -0.4 is 0 Å². The molecule has 0 aliphatic rings. The Labute approximate surface area is 91.5 Å². The van der Waals surface area contributed by atoms with Gasteiger partial charge in [0.1, 0.15) is 6.10 Å². The van der Waals surface area contributed by atoms with Crippen LogP contribution in [0.25, 0.3) is 0 Å². The number of nitrogens with zero attached hydrogens (tertiary/aromatic N) is 1. The molecule has 0 fully saturated rings. The Hall–Kier alpha value is -1.33. The molecule has 2 heteroatoms. The van der Waals surface area contributed by atoms with E-state index in [4.69, 9.17) is 10.00 Å². The van der Waals surface area contributed by atoms with Gasteiger partial charge in [-0.2, -0.15) is 5.26 Å². The number of hydrogen-bond acceptors (Lipinski definition) is 2. The third-order valence-electron chi connectivity index (χ3n) is 1.90. The molecule has 1 aromatic carbocycles. The van der Waals surface area contributed by atoms with Crippen LogP contribution in [-0.2, 0) is 11.2 Å². The normalized spacial score (nSPS) is 13.2. The topological polar surface area (TPSA) is 33.0 Å². The highest BCUT2D eigenvalue weighted by molar-refractivity contribution is 5.17. The Bertz CT molecular complexity index is 332. The van der Waals surface area contributed by atoms with E-state index in [1.165, 1.54) is 0 Å². The molecule has 0 N–H and O–H groups in total. The van der Waals surface area contributed by atoms with Crippen LogP contribution in [0.3, 0.4) is 0 Å². The van der Waals surface area contributed by atoms with Crippen LogP contribution in [0.5, 0.6) is 0 Å². The summed E-state index contributed by atoms with van der Waals surface area (Å²) >= 11 is 0. The van der Waals surface area contributed by atoms with Crippen LogP contribution in [0, 0.1) is 11.3 Å².